The summed E-state index contributed by atoms with van der Waals surface area (Å²) in [6, 6.07) is 8.73. The molecular weight excluding hydrogens is 324 g/mol. The maximum atomic E-state index is 5.46. The Balaban J connectivity index is 1.92. The van der Waals surface area contributed by atoms with Crippen molar-refractivity contribution >= 4 is 5.96 Å². The molecule has 1 saturated heterocycles. The van der Waals surface area contributed by atoms with Gasteiger partial charge in [0.15, 0.2) is 5.96 Å². The van der Waals surface area contributed by atoms with Gasteiger partial charge in [-0.3, -0.25) is 9.89 Å². The van der Waals surface area contributed by atoms with Crippen LogP contribution in [0.1, 0.15) is 50.7 Å². The molecule has 0 atom stereocenters. The Kier molecular flexibility index (Phi) is 8.39. The highest BCUT2D eigenvalue weighted by molar-refractivity contribution is 5.79. The molecule has 1 fully saturated rings. The van der Waals surface area contributed by atoms with Crippen molar-refractivity contribution in [3.05, 3.63) is 35.4 Å². The molecule has 0 bridgehead atoms. The Morgan fingerprint density at radius 1 is 1.08 bits per heavy atom. The lowest BCUT2D eigenvalue weighted by atomic mass is 10.1. The Morgan fingerprint density at radius 3 is 2.35 bits per heavy atom. The van der Waals surface area contributed by atoms with E-state index in [-0.39, 0.29) is 5.60 Å². The van der Waals surface area contributed by atoms with Crippen molar-refractivity contribution < 1.29 is 4.74 Å². The summed E-state index contributed by atoms with van der Waals surface area (Å²) < 4.78 is 5.46. The van der Waals surface area contributed by atoms with E-state index in [1.165, 1.54) is 49.9 Å². The smallest absolute Gasteiger partial charge is 0.191 e. The number of hydrogen-bond donors (Lipinski definition) is 2. The van der Waals surface area contributed by atoms with Crippen LogP contribution in [-0.4, -0.2) is 50.3 Å². The zero-order chi connectivity index (χ0) is 18.8. The number of hydrogen-bond acceptors (Lipinski definition) is 3. The SMILES string of the molecule is CN=C(NCc1ccccc1CN1CCCCCC1)NCC(C)(C)OC. The van der Waals surface area contributed by atoms with Gasteiger partial charge in [-0.25, -0.2) is 0 Å². The highest BCUT2D eigenvalue weighted by atomic mass is 16.5. The summed E-state index contributed by atoms with van der Waals surface area (Å²) >= 11 is 0. The first-order valence-corrected chi connectivity index (χ1v) is 9.83. The number of likely N-dealkylation sites (tertiary alicyclic amines) is 1. The molecule has 5 heteroatoms. The lowest BCUT2D eigenvalue weighted by Crippen LogP contribution is -2.45. The molecule has 0 unspecified atom stereocenters. The largest absolute Gasteiger partial charge is 0.377 e. The van der Waals surface area contributed by atoms with Crippen LogP contribution in [0.2, 0.25) is 0 Å². The predicted octanol–water partition coefficient (Wildman–Crippen LogP) is 3.15. The minimum absolute atomic E-state index is 0.220. The molecule has 1 aliphatic rings. The zero-order valence-corrected chi connectivity index (χ0v) is 17.0. The maximum Gasteiger partial charge on any atom is 0.191 e. The van der Waals surface area contributed by atoms with E-state index in [2.05, 4.69) is 58.6 Å². The monoisotopic (exact) mass is 360 g/mol. The van der Waals surface area contributed by atoms with Crippen molar-refractivity contribution in [1.82, 2.24) is 15.5 Å². The van der Waals surface area contributed by atoms with Crippen LogP contribution in [0.3, 0.4) is 0 Å². The van der Waals surface area contributed by atoms with E-state index < -0.39 is 0 Å². The van der Waals surface area contributed by atoms with Gasteiger partial charge in [0.2, 0.25) is 0 Å². The first kappa shape index (κ1) is 20.7. The Hall–Kier alpha value is -1.59. The topological polar surface area (TPSA) is 48.9 Å². The van der Waals surface area contributed by atoms with Gasteiger partial charge in [-0.1, -0.05) is 37.1 Å². The normalized spacial score (nSPS) is 17.0. The molecule has 2 rings (SSSR count). The number of nitrogens with zero attached hydrogens (tertiary/aromatic N) is 2. The van der Waals surface area contributed by atoms with Crippen molar-refractivity contribution in [3.63, 3.8) is 0 Å². The third-order valence-electron chi connectivity index (χ3n) is 5.12. The maximum absolute atomic E-state index is 5.46. The van der Waals surface area contributed by atoms with Gasteiger partial charge < -0.3 is 15.4 Å². The van der Waals surface area contributed by atoms with Crippen molar-refractivity contribution in [2.24, 2.45) is 4.99 Å². The van der Waals surface area contributed by atoms with Crippen molar-refractivity contribution in [3.8, 4) is 0 Å². The number of guanidine groups is 1. The van der Waals surface area contributed by atoms with Crippen LogP contribution >= 0.6 is 0 Å². The Morgan fingerprint density at radius 2 is 1.73 bits per heavy atom. The van der Waals surface area contributed by atoms with Gasteiger partial charge in [0, 0.05) is 33.8 Å². The second kappa shape index (κ2) is 10.5. The summed E-state index contributed by atoms with van der Waals surface area (Å²) in [6.45, 7) is 9.08. The quantitative estimate of drug-likeness (QED) is 0.579. The summed E-state index contributed by atoms with van der Waals surface area (Å²) in [4.78, 5) is 6.92. The fraction of sp³-hybridized carbons (Fsp3) is 0.667. The molecule has 1 aromatic carbocycles. The van der Waals surface area contributed by atoms with Gasteiger partial charge in [-0.05, 0) is 50.9 Å². The number of benzene rings is 1. The molecule has 0 aromatic heterocycles. The van der Waals surface area contributed by atoms with E-state index in [9.17, 15) is 0 Å². The molecular formula is C21H36N4O. The van der Waals surface area contributed by atoms with Gasteiger partial charge in [0.25, 0.3) is 0 Å². The fourth-order valence-electron chi connectivity index (χ4n) is 3.19. The lowest BCUT2D eigenvalue weighted by Gasteiger charge is -2.25. The molecule has 1 heterocycles. The summed E-state index contributed by atoms with van der Waals surface area (Å²) in [5.74, 6) is 0.805. The van der Waals surface area contributed by atoms with Crippen LogP contribution in [0.25, 0.3) is 0 Å². The molecule has 5 nitrogen and oxygen atoms in total. The zero-order valence-electron chi connectivity index (χ0n) is 17.0. The standard InChI is InChI=1S/C21H36N4O/c1-21(2,26-4)17-24-20(22-3)23-15-18-11-7-8-12-19(18)16-25-13-9-5-6-10-14-25/h7-8,11-12H,5-6,9-10,13-17H2,1-4H3,(H2,22,23,24). The van der Waals surface area contributed by atoms with Gasteiger partial charge in [-0.15, -0.1) is 0 Å². The molecule has 0 saturated carbocycles. The van der Waals surface area contributed by atoms with Gasteiger partial charge in [-0.2, -0.15) is 0 Å². The van der Waals surface area contributed by atoms with Crippen LogP contribution in [0.4, 0.5) is 0 Å². The molecule has 2 N–H and O–H groups in total. The van der Waals surface area contributed by atoms with Crippen LogP contribution in [-0.2, 0) is 17.8 Å². The van der Waals surface area contributed by atoms with Gasteiger partial charge in [0.1, 0.15) is 0 Å². The van der Waals surface area contributed by atoms with E-state index in [1.54, 1.807) is 14.2 Å². The fourth-order valence-corrected chi connectivity index (χ4v) is 3.19. The van der Waals surface area contributed by atoms with Crippen LogP contribution in [0.15, 0.2) is 29.3 Å². The molecule has 146 valence electrons. The minimum Gasteiger partial charge on any atom is -0.377 e. The summed E-state index contributed by atoms with van der Waals surface area (Å²) in [5, 5.41) is 6.78. The second-order valence-corrected chi connectivity index (χ2v) is 7.70. The van der Waals surface area contributed by atoms with Gasteiger partial charge in [0.05, 0.1) is 5.60 Å². The van der Waals surface area contributed by atoms with Crippen molar-refractivity contribution in [2.45, 2.75) is 58.2 Å². The van der Waals surface area contributed by atoms with E-state index in [0.29, 0.717) is 6.54 Å². The highest BCUT2D eigenvalue weighted by Crippen LogP contribution is 2.16. The minimum atomic E-state index is -0.220. The highest BCUT2D eigenvalue weighted by Gasteiger charge is 2.17. The van der Waals surface area contributed by atoms with Crippen molar-refractivity contribution in [2.75, 3.05) is 33.8 Å². The van der Waals surface area contributed by atoms with Gasteiger partial charge >= 0.3 is 0 Å². The van der Waals surface area contributed by atoms with E-state index in [0.717, 1.165) is 19.0 Å². The van der Waals surface area contributed by atoms with Crippen LogP contribution < -0.4 is 10.6 Å². The molecule has 0 amide bonds. The number of rotatable bonds is 7. The molecule has 0 radical (unpaired) electrons. The second-order valence-electron chi connectivity index (χ2n) is 7.70. The van der Waals surface area contributed by atoms with Crippen molar-refractivity contribution in [1.29, 1.82) is 0 Å². The third-order valence-corrected chi connectivity index (χ3v) is 5.12. The average molecular weight is 361 g/mol. The first-order chi connectivity index (χ1) is 12.5. The van der Waals surface area contributed by atoms with Crippen LogP contribution in [0.5, 0.6) is 0 Å². The Labute approximate surface area is 159 Å². The molecule has 1 aromatic rings. The number of aliphatic imine (C=N–C) groups is 1. The van der Waals surface area contributed by atoms with E-state index >= 15 is 0 Å². The Bertz CT molecular complexity index is 563. The predicted molar refractivity (Wildman–Crippen MR) is 109 cm³/mol. The molecule has 26 heavy (non-hydrogen) atoms. The molecule has 0 spiro atoms. The summed E-state index contributed by atoms with van der Waals surface area (Å²) in [5.41, 5.74) is 2.53. The number of nitrogens with one attached hydrogen (secondary N) is 2. The lowest BCUT2D eigenvalue weighted by molar-refractivity contribution is 0.0268. The molecule has 0 aliphatic carbocycles. The number of ether oxygens (including phenoxy) is 1. The number of methoxy groups -OCH3 is 1. The molecule has 1 aliphatic heterocycles. The summed E-state index contributed by atoms with van der Waals surface area (Å²) in [6.07, 6.45) is 5.40. The summed E-state index contributed by atoms with van der Waals surface area (Å²) in [7, 11) is 3.54. The van der Waals surface area contributed by atoms with Crippen LogP contribution in [0, 0.1) is 0 Å². The average Bonchev–Trinajstić information content (AvgIpc) is 2.92. The van der Waals surface area contributed by atoms with E-state index in [1.807, 2.05) is 0 Å². The van der Waals surface area contributed by atoms with E-state index in [4.69, 9.17) is 4.74 Å². The third kappa shape index (κ3) is 6.96. The first-order valence-electron chi connectivity index (χ1n) is 9.83.